The van der Waals surface area contributed by atoms with Gasteiger partial charge in [-0.1, -0.05) is 67.9 Å². The van der Waals surface area contributed by atoms with Crippen LogP contribution in [0.1, 0.15) is 64.6 Å². The molecule has 1 amide bonds. The van der Waals surface area contributed by atoms with Crippen LogP contribution in [0.15, 0.2) is 66.7 Å². The summed E-state index contributed by atoms with van der Waals surface area (Å²) in [6, 6.07) is 23.1. The number of hydrogen-bond donors (Lipinski definition) is 1. The fourth-order valence-electron chi connectivity index (χ4n) is 4.31. The molecule has 3 aromatic carbocycles. The van der Waals surface area contributed by atoms with Crippen LogP contribution in [0.25, 0.3) is 11.0 Å². The molecular weight excluding hydrogens is 406 g/mol. The van der Waals surface area contributed by atoms with Crippen molar-refractivity contribution in [3.63, 3.8) is 0 Å². The number of carbonyl (C=O) groups excluding carboxylic acids is 1. The maximum atomic E-state index is 12.7. The van der Waals surface area contributed by atoms with Gasteiger partial charge in [0.15, 0.2) is 0 Å². The molecule has 1 heterocycles. The van der Waals surface area contributed by atoms with Crippen molar-refractivity contribution in [1.82, 2.24) is 14.9 Å². The second kappa shape index (κ2) is 10.0. The van der Waals surface area contributed by atoms with E-state index in [4.69, 9.17) is 4.98 Å². The van der Waals surface area contributed by atoms with Crippen LogP contribution in [-0.2, 0) is 13.0 Å². The summed E-state index contributed by atoms with van der Waals surface area (Å²) in [5.41, 5.74) is 7.64. The molecule has 1 atom stereocenters. The maximum Gasteiger partial charge on any atom is 0.251 e. The molecule has 0 fully saturated rings. The second-order valence-corrected chi connectivity index (χ2v) is 8.98. The van der Waals surface area contributed by atoms with Crippen molar-refractivity contribution < 1.29 is 4.79 Å². The SMILES string of the molecule is CCC(C)c1ccc(Cn2c(CCNC(=O)c3ccc(C)cc3C)nc3ccccc32)cc1. The number of nitrogens with one attached hydrogen (secondary N) is 1. The van der Waals surface area contributed by atoms with Gasteiger partial charge in [0.2, 0.25) is 0 Å². The van der Waals surface area contributed by atoms with Crippen molar-refractivity contribution in [2.75, 3.05) is 6.54 Å². The number of fused-ring (bicyclic) bond motifs is 1. The number of para-hydroxylation sites is 2. The fourth-order valence-corrected chi connectivity index (χ4v) is 4.31. The molecular formula is C29H33N3O. The Bertz CT molecular complexity index is 1250. The van der Waals surface area contributed by atoms with Crippen molar-refractivity contribution in [1.29, 1.82) is 0 Å². The number of carbonyl (C=O) groups is 1. The Labute approximate surface area is 196 Å². The van der Waals surface area contributed by atoms with E-state index < -0.39 is 0 Å². The summed E-state index contributed by atoms with van der Waals surface area (Å²) >= 11 is 0. The van der Waals surface area contributed by atoms with E-state index in [0.717, 1.165) is 46.5 Å². The number of aryl methyl sites for hydroxylation is 2. The lowest BCUT2D eigenvalue weighted by Crippen LogP contribution is -2.27. The van der Waals surface area contributed by atoms with Crippen LogP contribution in [0.3, 0.4) is 0 Å². The fraction of sp³-hybridized carbons (Fsp3) is 0.310. The first kappa shape index (κ1) is 22.8. The van der Waals surface area contributed by atoms with E-state index in [2.05, 4.69) is 66.2 Å². The highest BCUT2D eigenvalue weighted by Gasteiger charge is 2.13. The molecule has 33 heavy (non-hydrogen) atoms. The highest BCUT2D eigenvalue weighted by atomic mass is 16.1. The molecule has 4 rings (SSSR count). The average molecular weight is 440 g/mol. The summed E-state index contributed by atoms with van der Waals surface area (Å²) in [6.07, 6.45) is 1.82. The lowest BCUT2D eigenvalue weighted by molar-refractivity contribution is 0.0953. The Morgan fingerprint density at radius 2 is 1.79 bits per heavy atom. The van der Waals surface area contributed by atoms with Crippen molar-refractivity contribution in [2.24, 2.45) is 0 Å². The maximum absolute atomic E-state index is 12.7. The monoisotopic (exact) mass is 439 g/mol. The number of imidazole rings is 1. The molecule has 0 saturated carbocycles. The van der Waals surface area contributed by atoms with Crippen LogP contribution in [0.4, 0.5) is 0 Å². The first-order valence-corrected chi connectivity index (χ1v) is 11.8. The summed E-state index contributed by atoms with van der Waals surface area (Å²) in [4.78, 5) is 17.6. The molecule has 0 saturated heterocycles. The average Bonchev–Trinajstić information content (AvgIpc) is 3.16. The lowest BCUT2D eigenvalue weighted by atomic mass is 9.97. The molecule has 1 aromatic heterocycles. The first-order chi connectivity index (χ1) is 16.0. The second-order valence-electron chi connectivity index (χ2n) is 8.98. The van der Waals surface area contributed by atoms with Gasteiger partial charge in [0.1, 0.15) is 5.82 Å². The van der Waals surface area contributed by atoms with Gasteiger partial charge in [0, 0.05) is 25.1 Å². The standard InChI is InChI=1S/C29H33N3O/c1-5-21(3)24-13-11-23(12-14-24)19-32-27-9-7-6-8-26(27)31-28(32)16-17-30-29(33)25-15-10-20(2)18-22(25)4/h6-15,18,21H,5,16-17,19H2,1-4H3,(H,30,33). The Hall–Kier alpha value is -3.40. The molecule has 1 unspecified atom stereocenters. The van der Waals surface area contributed by atoms with Gasteiger partial charge >= 0.3 is 0 Å². The molecule has 0 radical (unpaired) electrons. The number of aromatic nitrogens is 2. The van der Waals surface area contributed by atoms with Gasteiger partial charge in [-0.05, 0) is 61.1 Å². The summed E-state index contributed by atoms with van der Waals surface area (Å²) in [6.45, 7) is 9.82. The molecule has 0 spiro atoms. The van der Waals surface area contributed by atoms with Crippen LogP contribution < -0.4 is 5.32 Å². The predicted octanol–water partition coefficient (Wildman–Crippen LogP) is 6.19. The van der Waals surface area contributed by atoms with Gasteiger partial charge in [-0.2, -0.15) is 0 Å². The lowest BCUT2D eigenvalue weighted by Gasteiger charge is -2.13. The van der Waals surface area contributed by atoms with Crippen LogP contribution in [0.2, 0.25) is 0 Å². The summed E-state index contributed by atoms with van der Waals surface area (Å²) in [7, 11) is 0. The first-order valence-electron chi connectivity index (χ1n) is 11.8. The highest BCUT2D eigenvalue weighted by molar-refractivity contribution is 5.95. The molecule has 0 aliphatic heterocycles. The Morgan fingerprint density at radius 1 is 1.03 bits per heavy atom. The van der Waals surface area contributed by atoms with E-state index in [-0.39, 0.29) is 5.91 Å². The third-order valence-electron chi connectivity index (χ3n) is 6.50. The van der Waals surface area contributed by atoms with Gasteiger partial charge in [0.25, 0.3) is 5.91 Å². The molecule has 1 N–H and O–H groups in total. The Kier molecular flexibility index (Phi) is 6.93. The zero-order valence-corrected chi connectivity index (χ0v) is 20.1. The van der Waals surface area contributed by atoms with Crippen molar-refractivity contribution in [3.05, 3.63) is 100 Å². The molecule has 4 heteroatoms. The quantitative estimate of drug-likeness (QED) is 0.356. The predicted molar refractivity (Wildman–Crippen MR) is 136 cm³/mol. The van der Waals surface area contributed by atoms with E-state index in [1.54, 1.807) is 0 Å². The minimum absolute atomic E-state index is 0.0317. The van der Waals surface area contributed by atoms with Crippen LogP contribution in [0, 0.1) is 13.8 Å². The summed E-state index contributed by atoms with van der Waals surface area (Å²) < 4.78 is 2.27. The van der Waals surface area contributed by atoms with Crippen molar-refractivity contribution >= 4 is 16.9 Å². The van der Waals surface area contributed by atoms with Crippen LogP contribution in [-0.4, -0.2) is 22.0 Å². The van der Waals surface area contributed by atoms with E-state index >= 15 is 0 Å². The van der Waals surface area contributed by atoms with E-state index in [1.807, 2.05) is 38.1 Å². The highest BCUT2D eigenvalue weighted by Crippen LogP contribution is 2.22. The molecule has 0 bridgehead atoms. The Morgan fingerprint density at radius 3 is 2.52 bits per heavy atom. The van der Waals surface area contributed by atoms with E-state index in [0.29, 0.717) is 18.9 Å². The van der Waals surface area contributed by atoms with Gasteiger partial charge in [0.05, 0.1) is 11.0 Å². The zero-order valence-electron chi connectivity index (χ0n) is 20.1. The van der Waals surface area contributed by atoms with Gasteiger partial charge in [-0.15, -0.1) is 0 Å². The number of nitrogens with zero attached hydrogens (tertiary/aromatic N) is 2. The normalized spacial score (nSPS) is 12.1. The minimum Gasteiger partial charge on any atom is -0.352 e. The molecule has 4 aromatic rings. The third-order valence-corrected chi connectivity index (χ3v) is 6.50. The van der Waals surface area contributed by atoms with E-state index in [9.17, 15) is 4.79 Å². The van der Waals surface area contributed by atoms with Crippen molar-refractivity contribution in [3.8, 4) is 0 Å². The topological polar surface area (TPSA) is 46.9 Å². The largest absolute Gasteiger partial charge is 0.352 e. The summed E-state index contributed by atoms with van der Waals surface area (Å²) in [5.74, 6) is 1.53. The number of benzene rings is 3. The van der Waals surface area contributed by atoms with Crippen LogP contribution in [0.5, 0.6) is 0 Å². The Balaban J connectivity index is 1.51. The summed E-state index contributed by atoms with van der Waals surface area (Å²) in [5, 5.41) is 3.08. The van der Waals surface area contributed by atoms with Gasteiger partial charge < -0.3 is 9.88 Å². The molecule has 0 aliphatic rings. The molecule has 0 aliphatic carbocycles. The van der Waals surface area contributed by atoms with Gasteiger partial charge in [-0.3, -0.25) is 4.79 Å². The molecule has 4 nitrogen and oxygen atoms in total. The molecule has 170 valence electrons. The van der Waals surface area contributed by atoms with E-state index in [1.165, 1.54) is 11.1 Å². The number of hydrogen-bond acceptors (Lipinski definition) is 2. The third kappa shape index (κ3) is 5.16. The number of amides is 1. The van der Waals surface area contributed by atoms with Crippen molar-refractivity contribution in [2.45, 2.75) is 53.0 Å². The number of rotatable bonds is 8. The van der Waals surface area contributed by atoms with Gasteiger partial charge in [-0.25, -0.2) is 4.98 Å². The zero-order chi connectivity index (χ0) is 23.4. The minimum atomic E-state index is -0.0317. The smallest absolute Gasteiger partial charge is 0.251 e. The van der Waals surface area contributed by atoms with Crippen LogP contribution >= 0.6 is 0 Å².